The topological polar surface area (TPSA) is 68.5 Å². The van der Waals surface area contributed by atoms with Crippen LogP contribution in [0.25, 0.3) is 11.5 Å². The number of nitrogens with zero attached hydrogens (tertiary/aromatic N) is 3. The lowest BCUT2D eigenvalue weighted by atomic mass is 10.2. The number of methoxy groups -OCH3 is 1. The Labute approximate surface area is 140 Å². The highest BCUT2D eigenvalue weighted by Crippen LogP contribution is 2.20. The SMILES string of the molecule is COCCN(CC(C)C)C(=O)CCc1nnc(-c2ccsc2)o1. The highest BCUT2D eigenvalue weighted by Gasteiger charge is 2.16. The molecule has 23 heavy (non-hydrogen) atoms. The van der Waals surface area contributed by atoms with Gasteiger partial charge in [0.15, 0.2) is 0 Å². The number of thiophene rings is 1. The van der Waals surface area contributed by atoms with E-state index in [0.717, 1.165) is 12.1 Å². The fraction of sp³-hybridized carbons (Fsp3) is 0.562. The van der Waals surface area contributed by atoms with Crippen LogP contribution in [0.4, 0.5) is 0 Å². The van der Waals surface area contributed by atoms with E-state index in [1.807, 2.05) is 21.7 Å². The quantitative estimate of drug-likeness (QED) is 0.704. The molecule has 0 N–H and O–H groups in total. The lowest BCUT2D eigenvalue weighted by Crippen LogP contribution is -2.36. The fourth-order valence-corrected chi connectivity index (χ4v) is 2.82. The largest absolute Gasteiger partial charge is 0.421 e. The molecule has 7 heteroatoms. The second-order valence-electron chi connectivity index (χ2n) is 5.74. The average molecular weight is 337 g/mol. The summed E-state index contributed by atoms with van der Waals surface area (Å²) in [5.41, 5.74) is 0.918. The summed E-state index contributed by atoms with van der Waals surface area (Å²) in [6.07, 6.45) is 0.819. The van der Waals surface area contributed by atoms with E-state index in [-0.39, 0.29) is 5.91 Å². The summed E-state index contributed by atoms with van der Waals surface area (Å²) in [6.45, 7) is 6.07. The Morgan fingerprint density at radius 3 is 2.91 bits per heavy atom. The molecule has 0 aliphatic heterocycles. The maximum Gasteiger partial charge on any atom is 0.248 e. The van der Waals surface area contributed by atoms with Crippen LogP contribution in [0.3, 0.4) is 0 Å². The zero-order chi connectivity index (χ0) is 16.7. The first-order chi connectivity index (χ1) is 11.1. The molecule has 0 aromatic carbocycles. The van der Waals surface area contributed by atoms with Gasteiger partial charge in [-0.2, -0.15) is 11.3 Å². The zero-order valence-electron chi connectivity index (χ0n) is 13.8. The second kappa shape index (κ2) is 8.79. The molecule has 0 spiro atoms. The van der Waals surface area contributed by atoms with Gasteiger partial charge in [-0.25, -0.2) is 0 Å². The molecular formula is C16H23N3O3S. The van der Waals surface area contributed by atoms with Gasteiger partial charge in [0.25, 0.3) is 0 Å². The molecule has 0 atom stereocenters. The van der Waals surface area contributed by atoms with Crippen LogP contribution in [0, 0.1) is 5.92 Å². The van der Waals surface area contributed by atoms with Crippen molar-refractivity contribution in [3.05, 3.63) is 22.7 Å². The van der Waals surface area contributed by atoms with Crippen LogP contribution in [0.2, 0.25) is 0 Å². The Morgan fingerprint density at radius 2 is 2.26 bits per heavy atom. The van der Waals surface area contributed by atoms with E-state index in [2.05, 4.69) is 24.0 Å². The summed E-state index contributed by atoms with van der Waals surface area (Å²) in [6, 6.07) is 1.93. The van der Waals surface area contributed by atoms with Gasteiger partial charge in [0.2, 0.25) is 17.7 Å². The van der Waals surface area contributed by atoms with E-state index < -0.39 is 0 Å². The van der Waals surface area contributed by atoms with Gasteiger partial charge in [0, 0.05) is 44.0 Å². The predicted octanol–water partition coefficient (Wildman–Crippen LogP) is 2.86. The van der Waals surface area contributed by atoms with Gasteiger partial charge in [-0.3, -0.25) is 4.79 Å². The Kier molecular flexibility index (Phi) is 6.73. The number of amides is 1. The monoisotopic (exact) mass is 337 g/mol. The van der Waals surface area contributed by atoms with E-state index >= 15 is 0 Å². The smallest absolute Gasteiger partial charge is 0.248 e. The fourth-order valence-electron chi connectivity index (χ4n) is 2.19. The number of hydrogen-bond donors (Lipinski definition) is 0. The van der Waals surface area contributed by atoms with Crippen molar-refractivity contribution >= 4 is 17.2 Å². The van der Waals surface area contributed by atoms with E-state index in [4.69, 9.17) is 9.15 Å². The second-order valence-corrected chi connectivity index (χ2v) is 6.52. The minimum absolute atomic E-state index is 0.0889. The first-order valence-electron chi connectivity index (χ1n) is 7.71. The molecule has 2 aromatic heterocycles. The molecule has 0 saturated carbocycles. The van der Waals surface area contributed by atoms with Crippen LogP contribution in [-0.4, -0.2) is 47.8 Å². The van der Waals surface area contributed by atoms with Crippen LogP contribution in [0.1, 0.15) is 26.2 Å². The molecule has 0 fully saturated rings. The van der Waals surface area contributed by atoms with E-state index in [1.165, 1.54) is 0 Å². The van der Waals surface area contributed by atoms with Crippen molar-refractivity contribution in [3.63, 3.8) is 0 Å². The van der Waals surface area contributed by atoms with E-state index in [9.17, 15) is 4.79 Å². The average Bonchev–Trinajstić information content (AvgIpc) is 3.19. The first-order valence-corrected chi connectivity index (χ1v) is 8.66. The summed E-state index contributed by atoms with van der Waals surface area (Å²) < 4.78 is 10.7. The van der Waals surface area contributed by atoms with Crippen molar-refractivity contribution in [3.8, 4) is 11.5 Å². The van der Waals surface area contributed by atoms with Gasteiger partial charge in [-0.1, -0.05) is 13.8 Å². The molecule has 0 radical (unpaired) electrons. The minimum Gasteiger partial charge on any atom is -0.421 e. The summed E-state index contributed by atoms with van der Waals surface area (Å²) in [7, 11) is 1.64. The lowest BCUT2D eigenvalue weighted by molar-refractivity contribution is -0.132. The van der Waals surface area contributed by atoms with E-state index in [1.54, 1.807) is 18.4 Å². The Hall–Kier alpha value is -1.73. The number of carbonyl (C=O) groups excluding carboxylic acids is 1. The zero-order valence-corrected chi connectivity index (χ0v) is 14.6. The minimum atomic E-state index is 0.0889. The Balaban J connectivity index is 1.89. The summed E-state index contributed by atoms with van der Waals surface area (Å²) in [5, 5.41) is 12.0. The molecule has 126 valence electrons. The normalized spacial score (nSPS) is 11.1. The van der Waals surface area contributed by atoms with Gasteiger partial charge >= 0.3 is 0 Å². The maximum atomic E-state index is 12.4. The molecule has 2 rings (SSSR count). The van der Waals surface area contributed by atoms with Crippen LogP contribution in [0.5, 0.6) is 0 Å². The molecule has 0 unspecified atom stereocenters. The maximum absolute atomic E-state index is 12.4. The third kappa shape index (κ3) is 5.44. The van der Waals surface area contributed by atoms with Crippen LogP contribution in [0.15, 0.2) is 21.2 Å². The van der Waals surface area contributed by atoms with Crippen molar-refractivity contribution in [1.29, 1.82) is 0 Å². The number of rotatable bonds is 9. The van der Waals surface area contributed by atoms with Crippen LogP contribution < -0.4 is 0 Å². The van der Waals surface area contributed by atoms with Gasteiger partial charge in [-0.15, -0.1) is 10.2 Å². The number of aromatic nitrogens is 2. The van der Waals surface area contributed by atoms with Gasteiger partial charge < -0.3 is 14.1 Å². The number of hydrogen-bond acceptors (Lipinski definition) is 6. The highest BCUT2D eigenvalue weighted by atomic mass is 32.1. The Bertz CT molecular complexity index is 595. The van der Waals surface area contributed by atoms with Crippen molar-refractivity contribution < 1.29 is 13.9 Å². The van der Waals surface area contributed by atoms with Crippen molar-refractivity contribution in [2.45, 2.75) is 26.7 Å². The number of carbonyl (C=O) groups is 1. The molecule has 2 aromatic rings. The summed E-state index contributed by atoms with van der Waals surface area (Å²) in [4.78, 5) is 14.2. The van der Waals surface area contributed by atoms with Crippen LogP contribution in [-0.2, 0) is 16.0 Å². The first kappa shape index (κ1) is 17.6. The number of ether oxygens (including phenoxy) is 1. The van der Waals surface area contributed by atoms with Gasteiger partial charge in [0.1, 0.15) is 0 Å². The highest BCUT2D eigenvalue weighted by molar-refractivity contribution is 7.08. The van der Waals surface area contributed by atoms with Crippen molar-refractivity contribution in [2.24, 2.45) is 5.92 Å². The molecule has 0 aliphatic rings. The Morgan fingerprint density at radius 1 is 1.43 bits per heavy atom. The standard InChI is InChI=1S/C16H23N3O3S/c1-12(2)10-19(7-8-21-3)15(20)5-4-14-17-18-16(22-14)13-6-9-23-11-13/h6,9,11-12H,4-5,7-8,10H2,1-3H3. The van der Waals surface area contributed by atoms with Crippen molar-refractivity contribution in [2.75, 3.05) is 26.8 Å². The van der Waals surface area contributed by atoms with Gasteiger partial charge in [-0.05, 0) is 17.4 Å². The van der Waals surface area contributed by atoms with Gasteiger partial charge in [0.05, 0.1) is 6.61 Å². The lowest BCUT2D eigenvalue weighted by Gasteiger charge is -2.24. The summed E-state index contributed by atoms with van der Waals surface area (Å²) in [5.74, 6) is 1.51. The summed E-state index contributed by atoms with van der Waals surface area (Å²) >= 11 is 1.58. The molecule has 0 saturated heterocycles. The third-order valence-corrected chi connectivity index (χ3v) is 3.97. The molecule has 2 heterocycles. The third-order valence-electron chi connectivity index (χ3n) is 3.29. The van der Waals surface area contributed by atoms with Crippen LogP contribution >= 0.6 is 11.3 Å². The van der Waals surface area contributed by atoms with Crippen molar-refractivity contribution in [1.82, 2.24) is 15.1 Å². The molecule has 0 bridgehead atoms. The molecular weight excluding hydrogens is 314 g/mol. The molecule has 1 amide bonds. The molecule has 0 aliphatic carbocycles. The molecule has 6 nitrogen and oxygen atoms in total. The van der Waals surface area contributed by atoms with E-state index in [0.29, 0.717) is 43.7 Å². The number of aryl methyl sites for hydroxylation is 1. The predicted molar refractivity (Wildman–Crippen MR) is 89.2 cm³/mol.